The van der Waals surface area contributed by atoms with Gasteiger partial charge in [-0.15, -0.1) is 11.3 Å². The molecule has 0 aliphatic carbocycles. The maximum Gasteiger partial charge on any atom is 0.323 e. The van der Waals surface area contributed by atoms with Crippen LogP contribution in [-0.4, -0.2) is 40.6 Å². The SMILES string of the molecule is Cc1cnc(CNC(=O)N(C)CC(=O)O)s1. The maximum absolute atomic E-state index is 11.4. The maximum atomic E-state index is 11.4. The van der Waals surface area contributed by atoms with Gasteiger partial charge in [0.25, 0.3) is 0 Å². The molecule has 0 radical (unpaired) electrons. The number of likely N-dealkylation sites (N-methyl/N-ethyl adjacent to an activating group) is 1. The van der Waals surface area contributed by atoms with Crippen molar-refractivity contribution in [2.24, 2.45) is 0 Å². The number of rotatable bonds is 4. The lowest BCUT2D eigenvalue weighted by molar-refractivity contribution is -0.137. The lowest BCUT2D eigenvalue weighted by Crippen LogP contribution is -2.39. The molecular weight excluding hydrogens is 230 g/mol. The van der Waals surface area contributed by atoms with Crippen LogP contribution >= 0.6 is 11.3 Å². The van der Waals surface area contributed by atoms with Gasteiger partial charge in [0.1, 0.15) is 11.6 Å². The molecule has 0 spiro atoms. The van der Waals surface area contributed by atoms with Gasteiger partial charge in [0.15, 0.2) is 0 Å². The first kappa shape index (κ1) is 12.4. The minimum atomic E-state index is -1.04. The van der Waals surface area contributed by atoms with E-state index in [1.54, 1.807) is 6.20 Å². The van der Waals surface area contributed by atoms with Crippen molar-refractivity contribution < 1.29 is 14.7 Å². The number of aliphatic carboxylic acids is 1. The third kappa shape index (κ3) is 3.85. The van der Waals surface area contributed by atoms with Crippen LogP contribution in [0, 0.1) is 6.92 Å². The Labute approximate surface area is 96.9 Å². The second-order valence-corrected chi connectivity index (χ2v) is 4.59. The third-order valence-electron chi connectivity index (χ3n) is 1.78. The molecular formula is C9H13N3O3S. The first-order valence-electron chi connectivity index (χ1n) is 4.61. The number of carboxylic acid groups (broad SMARTS) is 1. The van der Waals surface area contributed by atoms with E-state index in [1.807, 2.05) is 6.92 Å². The molecule has 1 heterocycles. The number of nitrogens with one attached hydrogen (secondary N) is 1. The van der Waals surface area contributed by atoms with Crippen LogP contribution in [0.5, 0.6) is 0 Å². The molecule has 0 bridgehead atoms. The van der Waals surface area contributed by atoms with Crippen molar-refractivity contribution in [3.05, 3.63) is 16.1 Å². The van der Waals surface area contributed by atoms with Gasteiger partial charge in [-0.2, -0.15) is 0 Å². The van der Waals surface area contributed by atoms with Crippen molar-refractivity contribution in [3.63, 3.8) is 0 Å². The van der Waals surface area contributed by atoms with Gasteiger partial charge in [-0.05, 0) is 6.92 Å². The number of carboxylic acids is 1. The molecule has 6 nitrogen and oxygen atoms in total. The number of thiazole rings is 1. The predicted molar refractivity (Wildman–Crippen MR) is 59.4 cm³/mol. The fourth-order valence-corrected chi connectivity index (χ4v) is 1.77. The summed E-state index contributed by atoms with van der Waals surface area (Å²) < 4.78 is 0. The largest absolute Gasteiger partial charge is 0.480 e. The predicted octanol–water partition coefficient (Wildman–Crippen LogP) is 0.678. The fourth-order valence-electron chi connectivity index (χ4n) is 1.04. The molecule has 88 valence electrons. The summed E-state index contributed by atoms with van der Waals surface area (Å²) in [4.78, 5) is 28.0. The molecule has 0 aromatic carbocycles. The molecule has 0 saturated carbocycles. The van der Waals surface area contributed by atoms with Crippen molar-refractivity contribution in [2.45, 2.75) is 13.5 Å². The van der Waals surface area contributed by atoms with Gasteiger partial charge in [0.05, 0.1) is 6.54 Å². The van der Waals surface area contributed by atoms with Crippen LogP contribution in [0.2, 0.25) is 0 Å². The quantitative estimate of drug-likeness (QED) is 0.814. The average Bonchev–Trinajstić information content (AvgIpc) is 2.59. The van der Waals surface area contributed by atoms with Crippen molar-refractivity contribution in [1.82, 2.24) is 15.2 Å². The first-order chi connectivity index (χ1) is 7.49. The fraction of sp³-hybridized carbons (Fsp3) is 0.444. The molecule has 0 atom stereocenters. The molecule has 1 aromatic heterocycles. The Morgan fingerprint density at radius 2 is 2.31 bits per heavy atom. The van der Waals surface area contributed by atoms with Crippen LogP contribution in [0.1, 0.15) is 9.88 Å². The second-order valence-electron chi connectivity index (χ2n) is 3.27. The van der Waals surface area contributed by atoms with Gasteiger partial charge < -0.3 is 15.3 Å². The molecule has 0 saturated heterocycles. The number of carbonyl (C=O) groups is 2. The van der Waals surface area contributed by atoms with Gasteiger partial charge >= 0.3 is 12.0 Å². The van der Waals surface area contributed by atoms with E-state index in [4.69, 9.17) is 5.11 Å². The van der Waals surface area contributed by atoms with Crippen molar-refractivity contribution in [3.8, 4) is 0 Å². The topological polar surface area (TPSA) is 82.5 Å². The van der Waals surface area contributed by atoms with Crippen LogP contribution in [0.3, 0.4) is 0 Å². The highest BCUT2D eigenvalue weighted by Gasteiger charge is 2.11. The van der Waals surface area contributed by atoms with Gasteiger partial charge in [-0.25, -0.2) is 9.78 Å². The second kappa shape index (κ2) is 5.45. The van der Waals surface area contributed by atoms with Gasteiger partial charge in [-0.1, -0.05) is 0 Å². The van der Waals surface area contributed by atoms with Crippen LogP contribution in [0.4, 0.5) is 4.79 Å². The highest BCUT2D eigenvalue weighted by molar-refractivity contribution is 7.11. The van der Waals surface area contributed by atoms with E-state index in [1.165, 1.54) is 18.4 Å². The highest BCUT2D eigenvalue weighted by atomic mass is 32.1. The Hall–Kier alpha value is -1.63. The Balaban J connectivity index is 2.37. The average molecular weight is 243 g/mol. The molecule has 2 amide bonds. The molecule has 7 heteroatoms. The lowest BCUT2D eigenvalue weighted by atomic mass is 10.5. The molecule has 1 aromatic rings. The Morgan fingerprint density at radius 3 is 2.81 bits per heavy atom. The number of hydrogen-bond acceptors (Lipinski definition) is 4. The summed E-state index contributed by atoms with van der Waals surface area (Å²) in [5.41, 5.74) is 0. The molecule has 0 aliphatic heterocycles. The third-order valence-corrected chi connectivity index (χ3v) is 2.69. The van der Waals surface area contributed by atoms with Crippen molar-refractivity contribution >= 4 is 23.3 Å². The van der Waals surface area contributed by atoms with Gasteiger partial charge in [0, 0.05) is 18.1 Å². The van der Waals surface area contributed by atoms with Crippen LogP contribution in [-0.2, 0) is 11.3 Å². The molecule has 2 N–H and O–H groups in total. The van der Waals surface area contributed by atoms with E-state index >= 15 is 0 Å². The van der Waals surface area contributed by atoms with E-state index in [9.17, 15) is 9.59 Å². The van der Waals surface area contributed by atoms with E-state index in [0.717, 1.165) is 14.8 Å². The minimum absolute atomic E-state index is 0.317. The van der Waals surface area contributed by atoms with Crippen molar-refractivity contribution in [1.29, 1.82) is 0 Å². The number of aryl methyl sites for hydroxylation is 1. The summed E-state index contributed by atoms with van der Waals surface area (Å²) in [5, 5.41) is 11.9. The summed E-state index contributed by atoms with van der Waals surface area (Å²) in [6, 6.07) is -0.421. The molecule has 0 fully saturated rings. The van der Waals surface area contributed by atoms with E-state index in [2.05, 4.69) is 10.3 Å². The normalized spacial score (nSPS) is 9.88. The molecule has 16 heavy (non-hydrogen) atoms. The van der Waals surface area contributed by atoms with E-state index in [0.29, 0.717) is 6.54 Å². The standard InChI is InChI=1S/C9H13N3O3S/c1-6-3-10-7(16-6)4-11-9(15)12(2)5-8(13)14/h3H,4-5H2,1-2H3,(H,11,15)(H,13,14). The Kier molecular flexibility index (Phi) is 4.24. The Bertz CT molecular complexity index is 391. The smallest absolute Gasteiger partial charge is 0.323 e. The van der Waals surface area contributed by atoms with Crippen LogP contribution < -0.4 is 5.32 Å². The molecule has 0 aliphatic rings. The summed E-state index contributed by atoms with van der Waals surface area (Å²) in [6.45, 7) is 1.93. The minimum Gasteiger partial charge on any atom is -0.480 e. The zero-order chi connectivity index (χ0) is 12.1. The summed E-state index contributed by atoms with van der Waals surface area (Å²) in [5.74, 6) is -1.04. The van der Waals surface area contributed by atoms with Crippen LogP contribution in [0.15, 0.2) is 6.20 Å². The highest BCUT2D eigenvalue weighted by Crippen LogP contribution is 2.10. The summed E-state index contributed by atoms with van der Waals surface area (Å²) in [6.07, 6.45) is 1.73. The first-order valence-corrected chi connectivity index (χ1v) is 5.42. The summed E-state index contributed by atoms with van der Waals surface area (Å²) in [7, 11) is 1.43. The Morgan fingerprint density at radius 1 is 1.62 bits per heavy atom. The van der Waals surface area contributed by atoms with Crippen LogP contribution in [0.25, 0.3) is 0 Å². The number of urea groups is 1. The van der Waals surface area contributed by atoms with E-state index < -0.39 is 12.0 Å². The zero-order valence-electron chi connectivity index (χ0n) is 9.06. The number of aromatic nitrogens is 1. The number of hydrogen-bond donors (Lipinski definition) is 2. The lowest BCUT2D eigenvalue weighted by Gasteiger charge is -2.14. The van der Waals surface area contributed by atoms with E-state index in [-0.39, 0.29) is 6.54 Å². The summed E-state index contributed by atoms with van der Waals surface area (Å²) >= 11 is 1.49. The van der Waals surface area contributed by atoms with Gasteiger partial charge in [0.2, 0.25) is 0 Å². The zero-order valence-corrected chi connectivity index (χ0v) is 9.87. The number of nitrogens with zero attached hydrogens (tertiary/aromatic N) is 2. The van der Waals surface area contributed by atoms with Crippen molar-refractivity contribution in [2.75, 3.05) is 13.6 Å². The number of carbonyl (C=O) groups excluding carboxylic acids is 1. The monoisotopic (exact) mass is 243 g/mol. The number of amides is 2. The van der Waals surface area contributed by atoms with Gasteiger partial charge in [-0.3, -0.25) is 4.79 Å². The molecule has 0 unspecified atom stereocenters. The molecule has 1 rings (SSSR count).